The molecule has 0 spiro atoms. The van der Waals surface area contributed by atoms with Gasteiger partial charge in [-0.25, -0.2) is 0 Å². The van der Waals surface area contributed by atoms with Crippen molar-refractivity contribution in [3.63, 3.8) is 0 Å². The van der Waals surface area contributed by atoms with E-state index in [2.05, 4.69) is 18.4 Å². The SMILES string of the molecule is COc1cccc(C(N)c2sccc2C)c1OC. The third-order valence-electron chi connectivity index (χ3n) is 2.95. The third kappa shape index (κ3) is 2.21. The van der Waals surface area contributed by atoms with E-state index in [4.69, 9.17) is 15.2 Å². The predicted octanol–water partition coefficient (Wildman–Crippen LogP) is 3.12. The summed E-state index contributed by atoms with van der Waals surface area (Å²) in [6.07, 6.45) is 0. The zero-order chi connectivity index (χ0) is 13.1. The molecule has 96 valence electrons. The van der Waals surface area contributed by atoms with E-state index in [1.54, 1.807) is 25.6 Å². The lowest BCUT2D eigenvalue weighted by molar-refractivity contribution is 0.350. The van der Waals surface area contributed by atoms with Gasteiger partial charge in [0.1, 0.15) is 0 Å². The van der Waals surface area contributed by atoms with E-state index in [1.807, 2.05) is 18.2 Å². The number of benzene rings is 1. The molecule has 0 aliphatic carbocycles. The Balaban J connectivity index is 2.48. The van der Waals surface area contributed by atoms with Gasteiger partial charge in [0.05, 0.1) is 20.3 Å². The molecule has 0 fully saturated rings. The van der Waals surface area contributed by atoms with Crippen molar-refractivity contribution >= 4 is 11.3 Å². The van der Waals surface area contributed by atoms with Gasteiger partial charge in [0, 0.05) is 10.4 Å². The highest BCUT2D eigenvalue weighted by atomic mass is 32.1. The lowest BCUT2D eigenvalue weighted by Crippen LogP contribution is -2.13. The summed E-state index contributed by atoms with van der Waals surface area (Å²) in [6.45, 7) is 2.07. The number of rotatable bonds is 4. The molecule has 0 aliphatic rings. The second-order valence-electron chi connectivity index (χ2n) is 4.03. The van der Waals surface area contributed by atoms with Crippen molar-refractivity contribution in [2.75, 3.05) is 14.2 Å². The molecule has 0 saturated carbocycles. The van der Waals surface area contributed by atoms with Crippen LogP contribution in [0.25, 0.3) is 0 Å². The monoisotopic (exact) mass is 263 g/mol. The quantitative estimate of drug-likeness (QED) is 0.921. The highest BCUT2D eigenvalue weighted by molar-refractivity contribution is 7.10. The summed E-state index contributed by atoms with van der Waals surface area (Å²) in [5, 5.41) is 2.05. The Morgan fingerprint density at radius 2 is 1.94 bits per heavy atom. The van der Waals surface area contributed by atoms with Crippen LogP contribution in [0.15, 0.2) is 29.6 Å². The van der Waals surface area contributed by atoms with Crippen molar-refractivity contribution < 1.29 is 9.47 Å². The number of hydrogen-bond donors (Lipinski definition) is 1. The van der Waals surface area contributed by atoms with E-state index >= 15 is 0 Å². The first-order valence-electron chi connectivity index (χ1n) is 5.69. The highest BCUT2D eigenvalue weighted by Gasteiger charge is 2.19. The molecule has 1 unspecified atom stereocenters. The van der Waals surface area contributed by atoms with Gasteiger partial charge in [-0.05, 0) is 30.0 Å². The zero-order valence-corrected chi connectivity index (χ0v) is 11.6. The number of aryl methyl sites for hydroxylation is 1. The van der Waals surface area contributed by atoms with Gasteiger partial charge in [0.15, 0.2) is 11.5 Å². The topological polar surface area (TPSA) is 44.5 Å². The fourth-order valence-electron chi connectivity index (χ4n) is 2.00. The van der Waals surface area contributed by atoms with E-state index in [-0.39, 0.29) is 6.04 Å². The molecule has 18 heavy (non-hydrogen) atoms. The Bertz CT molecular complexity index is 536. The Morgan fingerprint density at radius 3 is 2.50 bits per heavy atom. The van der Waals surface area contributed by atoms with E-state index in [9.17, 15) is 0 Å². The maximum Gasteiger partial charge on any atom is 0.165 e. The molecule has 2 rings (SSSR count). The average molecular weight is 263 g/mol. The molecule has 3 nitrogen and oxygen atoms in total. The van der Waals surface area contributed by atoms with E-state index < -0.39 is 0 Å². The molecule has 1 heterocycles. The minimum absolute atomic E-state index is 0.185. The average Bonchev–Trinajstić information content (AvgIpc) is 2.83. The zero-order valence-electron chi connectivity index (χ0n) is 10.8. The van der Waals surface area contributed by atoms with Gasteiger partial charge < -0.3 is 15.2 Å². The highest BCUT2D eigenvalue weighted by Crippen LogP contribution is 2.38. The van der Waals surface area contributed by atoms with Gasteiger partial charge in [0.25, 0.3) is 0 Å². The van der Waals surface area contributed by atoms with Gasteiger partial charge in [-0.3, -0.25) is 0 Å². The molecule has 2 N–H and O–H groups in total. The first-order valence-corrected chi connectivity index (χ1v) is 6.57. The number of hydrogen-bond acceptors (Lipinski definition) is 4. The Morgan fingerprint density at radius 1 is 1.17 bits per heavy atom. The summed E-state index contributed by atoms with van der Waals surface area (Å²) in [4.78, 5) is 1.15. The van der Waals surface area contributed by atoms with Crippen molar-refractivity contribution in [3.05, 3.63) is 45.6 Å². The van der Waals surface area contributed by atoms with Crippen LogP contribution in [0, 0.1) is 6.92 Å². The molecule has 2 aromatic rings. The van der Waals surface area contributed by atoms with E-state index in [0.29, 0.717) is 11.5 Å². The van der Waals surface area contributed by atoms with Gasteiger partial charge in [0.2, 0.25) is 0 Å². The van der Waals surface area contributed by atoms with E-state index in [0.717, 1.165) is 10.4 Å². The van der Waals surface area contributed by atoms with Crippen LogP contribution in [-0.2, 0) is 0 Å². The Hall–Kier alpha value is -1.52. The minimum Gasteiger partial charge on any atom is -0.493 e. The summed E-state index contributed by atoms with van der Waals surface area (Å²) >= 11 is 1.66. The van der Waals surface area contributed by atoms with Crippen molar-refractivity contribution in [1.82, 2.24) is 0 Å². The maximum atomic E-state index is 6.34. The van der Waals surface area contributed by atoms with Crippen molar-refractivity contribution in [3.8, 4) is 11.5 Å². The summed E-state index contributed by atoms with van der Waals surface area (Å²) in [7, 11) is 3.26. The predicted molar refractivity (Wildman–Crippen MR) is 74.6 cm³/mol. The summed E-state index contributed by atoms with van der Waals surface area (Å²) < 4.78 is 10.7. The van der Waals surface area contributed by atoms with Gasteiger partial charge in [-0.2, -0.15) is 0 Å². The van der Waals surface area contributed by atoms with Gasteiger partial charge >= 0.3 is 0 Å². The summed E-state index contributed by atoms with van der Waals surface area (Å²) in [5.74, 6) is 1.42. The summed E-state index contributed by atoms with van der Waals surface area (Å²) in [6, 6.07) is 7.67. The number of thiophene rings is 1. The normalized spacial score (nSPS) is 12.2. The number of ether oxygens (including phenoxy) is 2. The molecule has 4 heteroatoms. The largest absolute Gasteiger partial charge is 0.493 e. The third-order valence-corrected chi connectivity index (χ3v) is 4.05. The summed E-state index contributed by atoms with van der Waals surface area (Å²) in [5.41, 5.74) is 8.49. The second kappa shape index (κ2) is 5.42. The first-order chi connectivity index (χ1) is 8.69. The van der Waals surface area contributed by atoms with Crippen LogP contribution in [0.1, 0.15) is 22.0 Å². The first kappa shape index (κ1) is 12.9. The molecule has 1 aromatic carbocycles. The van der Waals surface area contributed by atoms with Gasteiger partial charge in [-0.1, -0.05) is 12.1 Å². The van der Waals surface area contributed by atoms with Crippen LogP contribution in [0.4, 0.5) is 0 Å². The van der Waals surface area contributed by atoms with Crippen LogP contribution in [0.5, 0.6) is 11.5 Å². The molecule has 1 aromatic heterocycles. The lowest BCUT2D eigenvalue weighted by atomic mass is 10.0. The van der Waals surface area contributed by atoms with Crippen LogP contribution < -0.4 is 15.2 Å². The fraction of sp³-hybridized carbons (Fsp3) is 0.286. The molecule has 0 saturated heterocycles. The molecular formula is C14H17NO2S. The van der Waals surface area contributed by atoms with Crippen molar-refractivity contribution in [2.45, 2.75) is 13.0 Å². The van der Waals surface area contributed by atoms with E-state index in [1.165, 1.54) is 5.56 Å². The maximum absolute atomic E-state index is 6.34. The standard InChI is InChI=1S/C14H17NO2S/c1-9-7-8-18-14(9)12(15)10-5-4-6-11(16-2)13(10)17-3/h4-8,12H,15H2,1-3H3. The molecule has 0 aliphatic heterocycles. The van der Waals surface area contributed by atoms with Gasteiger partial charge in [-0.15, -0.1) is 11.3 Å². The van der Waals surface area contributed by atoms with Crippen molar-refractivity contribution in [1.29, 1.82) is 0 Å². The fourth-order valence-corrected chi connectivity index (χ4v) is 2.95. The molecule has 0 radical (unpaired) electrons. The number of para-hydroxylation sites is 1. The number of methoxy groups -OCH3 is 2. The van der Waals surface area contributed by atoms with Crippen LogP contribution in [-0.4, -0.2) is 14.2 Å². The second-order valence-corrected chi connectivity index (χ2v) is 4.98. The molecule has 0 amide bonds. The Kier molecular flexibility index (Phi) is 3.89. The lowest BCUT2D eigenvalue weighted by Gasteiger charge is -2.17. The smallest absolute Gasteiger partial charge is 0.165 e. The van der Waals surface area contributed by atoms with Crippen molar-refractivity contribution in [2.24, 2.45) is 5.73 Å². The molecule has 0 bridgehead atoms. The number of nitrogens with two attached hydrogens (primary N) is 1. The minimum atomic E-state index is -0.185. The van der Waals surface area contributed by atoms with Crippen LogP contribution >= 0.6 is 11.3 Å². The van der Waals surface area contributed by atoms with Crippen LogP contribution in [0.3, 0.4) is 0 Å². The Labute approximate surface area is 111 Å². The molecular weight excluding hydrogens is 246 g/mol. The van der Waals surface area contributed by atoms with Crippen LogP contribution in [0.2, 0.25) is 0 Å². The molecule has 1 atom stereocenters.